The SMILES string of the molecule is CC1CCCC(NC(=O)CSCCN2C(=O)c3ccccc3C2=O)C1C. The van der Waals surface area contributed by atoms with Gasteiger partial charge in [0.1, 0.15) is 0 Å². The zero-order chi connectivity index (χ0) is 18.7. The fourth-order valence-corrected chi connectivity index (χ4v) is 4.52. The fraction of sp³-hybridized carbons (Fsp3) is 0.550. The number of carbonyl (C=O) groups is 3. The number of amides is 3. The average molecular weight is 375 g/mol. The lowest BCUT2D eigenvalue weighted by Gasteiger charge is -2.34. The largest absolute Gasteiger partial charge is 0.352 e. The highest BCUT2D eigenvalue weighted by Crippen LogP contribution is 2.29. The van der Waals surface area contributed by atoms with E-state index >= 15 is 0 Å². The number of carbonyl (C=O) groups excluding carboxylic acids is 3. The molecule has 3 atom stereocenters. The lowest BCUT2D eigenvalue weighted by atomic mass is 9.78. The van der Waals surface area contributed by atoms with Gasteiger partial charge in [-0.05, 0) is 30.4 Å². The molecular formula is C20H26N2O3S. The van der Waals surface area contributed by atoms with Crippen LogP contribution in [0.1, 0.15) is 53.8 Å². The van der Waals surface area contributed by atoms with Crippen LogP contribution in [0.25, 0.3) is 0 Å². The number of benzene rings is 1. The normalized spacial score (nSPS) is 25.3. The first-order chi connectivity index (χ1) is 12.5. The van der Waals surface area contributed by atoms with E-state index in [0.717, 1.165) is 6.42 Å². The third-order valence-electron chi connectivity index (χ3n) is 5.62. The number of rotatable bonds is 6. The van der Waals surface area contributed by atoms with Crippen LogP contribution in [-0.4, -0.2) is 46.7 Å². The van der Waals surface area contributed by atoms with E-state index in [-0.39, 0.29) is 23.8 Å². The first kappa shape index (κ1) is 19.0. The van der Waals surface area contributed by atoms with Gasteiger partial charge in [-0.3, -0.25) is 19.3 Å². The molecule has 1 aromatic carbocycles. The van der Waals surface area contributed by atoms with Crippen LogP contribution in [0.15, 0.2) is 24.3 Å². The smallest absolute Gasteiger partial charge is 0.261 e. The molecule has 5 nitrogen and oxygen atoms in total. The van der Waals surface area contributed by atoms with Crippen LogP contribution < -0.4 is 5.32 Å². The van der Waals surface area contributed by atoms with Crippen LogP contribution in [0.2, 0.25) is 0 Å². The molecule has 1 aliphatic carbocycles. The molecule has 2 aliphatic rings. The number of fused-ring (bicyclic) bond motifs is 1. The van der Waals surface area contributed by atoms with Gasteiger partial charge in [-0.1, -0.05) is 38.8 Å². The molecule has 6 heteroatoms. The van der Waals surface area contributed by atoms with Crippen molar-refractivity contribution in [2.24, 2.45) is 11.8 Å². The Morgan fingerprint density at radius 2 is 1.81 bits per heavy atom. The monoisotopic (exact) mass is 374 g/mol. The molecule has 26 heavy (non-hydrogen) atoms. The Labute approximate surface area is 158 Å². The van der Waals surface area contributed by atoms with Crippen molar-refractivity contribution in [2.45, 2.75) is 39.2 Å². The van der Waals surface area contributed by atoms with Crippen LogP contribution in [0.4, 0.5) is 0 Å². The Hall–Kier alpha value is -1.82. The Morgan fingerprint density at radius 3 is 2.46 bits per heavy atom. The molecular weight excluding hydrogens is 348 g/mol. The van der Waals surface area contributed by atoms with Gasteiger partial charge in [-0.2, -0.15) is 11.8 Å². The van der Waals surface area contributed by atoms with Crippen molar-refractivity contribution in [3.63, 3.8) is 0 Å². The van der Waals surface area contributed by atoms with Gasteiger partial charge in [0.05, 0.1) is 16.9 Å². The standard InChI is InChI=1S/C20H26N2O3S/c1-13-6-5-9-17(14(13)2)21-18(23)12-26-11-10-22-19(24)15-7-3-4-8-16(15)20(22)25/h3-4,7-8,13-14,17H,5-6,9-12H2,1-2H3,(H,21,23). The molecule has 1 aromatic rings. The number of nitrogens with one attached hydrogen (secondary N) is 1. The van der Waals surface area contributed by atoms with Gasteiger partial charge in [-0.25, -0.2) is 0 Å². The van der Waals surface area contributed by atoms with E-state index in [1.807, 2.05) is 0 Å². The molecule has 1 N–H and O–H groups in total. The number of imide groups is 1. The molecule has 0 radical (unpaired) electrons. The molecule has 1 aliphatic heterocycles. The van der Waals surface area contributed by atoms with Gasteiger partial charge in [0, 0.05) is 18.3 Å². The quantitative estimate of drug-likeness (QED) is 0.614. The molecule has 3 amide bonds. The molecule has 0 spiro atoms. The second-order valence-electron chi connectivity index (χ2n) is 7.30. The van der Waals surface area contributed by atoms with E-state index in [0.29, 0.717) is 41.0 Å². The summed E-state index contributed by atoms with van der Waals surface area (Å²) < 4.78 is 0. The van der Waals surface area contributed by atoms with E-state index in [1.54, 1.807) is 24.3 Å². The molecule has 140 valence electrons. The second kappa shape index (κ2) is 8.25. The van der Waals surface area contributed by atoms with E-state index in [2.05, 4.69) is 19.2 Å². The van der Waals surface area contributed by atoms with Crippen LogP contribution in [0, 0.1) is 11.8 Å². The van der Waals surface area contributed by atoms with Gasteiger partial charge in [-0.15, -0.1) is 0 Å². The summed E-state index contributed by atoms with van der Waals surface area (Å²) in [6.07, 6.45) is 3.46. The number of hydrogen-bond donors (Lipinski definition) is 1. The molecule has 0 bridgehead atoms. The maximum Gasteiger partial charge on any atom is 0.261 e. The minimum atomic E-state index is -0.235. The van der Waals surface area contributed by atoms with Crippen molar-refractivity contribution in [1.82, 2.24) is 10.2 Å². The molecule has 1 fully saturated rings. The molecule has 1 heterocycles. The summed E-state index contributed by atoms with van der Waals surface area (Å²) in [7, 11) is 0. The Bertz CT molecular complexity index is 671. The summed E-state index contributed by atoms with van der Waals surface area (Å²) in [5.41, 5.74) is 0.946. The third kappa shape index (κ3) is 3.95. The average Bonchev–Trinajstić information content (AvgIpc) is 2.87. The van der Waals surface area contributed by atoms with Crippen molar-refractivity contribution in [2.75, 3.05) is 18.1 Å². The molecule has 3 unspecified atom stereocenters. The van der Waals surface area contributed by atoms with Crippen LogP contribution >= 0.6 is 11.8 Å². The minimum Gasteiger partial charge on any atom is -0.352 e. The highest BCUT2D eigenvalue weighted by molar-refractivity contribution is 7.99. The Morgan fingerprint density at radius 1 is 1.15 bits per heavy atom. The number of hydrogen-bond acceptors (Lipinski definition) is 4. The second-order valence-corrected chi connectivity index (χ2v) is 8.41. The van der Waals surface area contributed by atoms with E-state index < -0.39 is 0 Å². The summed E-state index contributed by atoms with van der Waals surface area (Å²) in [5, 5.41) is 3.15. The topological polar surface area (TPSA) is 66.5 Å². The maximum atomic E-state index is 12.3. The van der Waals surface area contributed by atoms with E-state index in [4.69, 9.17) is 0 Å². The van der Waals surface area contributed by atoms with Crippen molar-refractivity contribution in [3.05, 3.63) is 35.4 Å². The molecule has 0 aromatic heterocycles. The predicted molar refractivity (Wildman–Crippen MR) is 103 cm³/mol. The molecule has 0 saturated heterocycles. The van der Waals surface area contributed by atoms with Crippen LogP contribution in [-0.2, 0) is 4.79 Å². The van der Waals surface area contributed by atoms with Gasteiger partial charge < -0.3 is 5.32 Å². The zero-order valence-corrected chi connectivity index (χ0v) is 16.2. The summed E-state index contributed by atoms with van der Waals surface area (Å²) >= 11 is 1.46. The van der Waals surface area contributed by atoms with Gasteiger partial charge in [0.15, 0.2) is 0 Å². The van der Waals surface area contributed by atoms with Crippen LogP contribution in [0.5, 0.6) is 0 Å². The van der Waals surface area contributed by atoms with Gasteiger partial charge in [0.2, 0.25) is 5.91 Å². The summed E-state index contributed by atoms with van der Waals surface area (Å²) in [6, 6.07) is 7.16. The lowest BCUT2D eigenvalue weighted by Crippen LogP contribution is -2.44. The van der Waals surface area contributed by atoms with Crippen molar-refractivity contribution < 1.29 is 14.4 Å². The number of nitrogens with zero attached hydrogens (tertiary/aromatic N) is 1. The summed E-state index contributed by atoms with van der Waals surface area (Å²) in [6.45, 7) is 4.80. The highest BCUT2D eigenvalue weighted by Gasteiger charge is 2.34. The van der Waals surface area contributed by atoms with Gasteiger partial charge >= 0.3 is 0 Å². The van der Waals surface area contributed by atoms with E-state index in [1.165, 1.54) is 29.5 Å². The Kier molecular flexibility index (Phi) is 6.01. The molecule has 3 rings (SSSR count). The van der Waals surface area contributed by atoms with Crippen molar-refractivity contribution >= 4 is 29.5 Å². The summed E-state index contributed by atoms with van der Waals surface area (Å²) in [5.74, 6) is 1.66. The van der Waals surface area contributed by atoms with Gasteiger partial charge in [0.25, 0.3) is 11.8 Å². The Balaban J connectivity index is 1.41. The van der Waals surface area contributed by atoms with E-state index in [9.17, 15) is 14.4 Å². The summed E-state index contributed by atoms with van der Waals surface area (Å²) in [4.78, 5) is 38.0. The highest BCUT2D eigenvalue weighted by atomic mass is 32.2. The molecule has 1 saturated carbocycles. The first-order valence-corrected chi connectivity index (χ1v) is 10.5. The minimum absolute atomic E-state index is 0.0447. The zero-order valence-electron chi connectivity index (χ0n) is 15.4. The fourth-order valence-electron chi connectivity index (χ4n) is 3.80. The third-order valence-corrected chi connectivity index (χ3v) is 6.56. The number of thioether (sulfide) groups is 1. The van der Waals surface area contributed by atoms with Crippen molar-refractivity contribution in [1.29, 1.82) is 0 Å². The van der Waals surface area contributed by atoms with Crippen LogP contribution in [0.3, 0.4) is 0 Å². The first-order valence-electron chi connectivity index (χ1n) is 9.31. The maximum absolute atomic E-state index is 12.3. The van der Waals surface area contributed by atoms with Crippen molar-refractivity contribution in [3.8, 4) is 0 Å². The lowest BCUT2D eigenvalue weighted by molar-refractivity contribution is -0.120. The predicted octanol–water partition coefficient (Wildman–Crippen LogP) is 2.96.